The van der Waals surface area contributed by atoms with Gasteiger partial charge in [-0.1, -0.05) is 0 Å². The van der Waals surface area contributed by atoms with E-state index < -0.39 is 110 Å². The number of nitrogens with one attached hydrogen (secondary N) is 2. The molecule has 4 rings (SSSR count). The van der Waals surface area contributed by atoms with Crippen LogP contribution in [0, 0.1) is 0 Å². The Morgan fingerprint density at radius 3 is 1.90 bits per heavy atom. The SMILES string of the molecule is C[C@@H]1O[C@H]2OCCNC(=O)CN(C(=O)CCCCC(=O)ON3C(=O)CCC3=O)CC(=O)NCCO[C@@H]3O[C@@H](O[C@H]2[C@H](O)[C@@H]1O)[C@@H](O)[C@@H](O)[C@@H]3O. The molecule has 0 radical (unpaired) electrons. The second-order valence-electron chi connectivity index (χ2n) is 12.1. The second kappa shape index (κ2) is 18.2. The molecule has 0 spiro atoms. The van der Waals surface area contributed by atoms with Crippen molar-refractivity contribution in [3.05, 3.63) is 0 Å². The number of amides is 5. The summed E-state index contributed by atoms with van der Waals surface area (Å²) in [6.45, 7) is -0.444. The fraction of sp³-hybridized carbons (Fsp3) is 0.793. The van der Waals surface area contributed by atoms with Crippen LogP contribution in [-0.2, 0) is 57.3 Å². The largest absolute Gasteiger partial charge is 0.388 e. The number of aliphatic hydroxyl groups is 5. The van der Waals surface area contributed by atoms with Crippen LogP contribution in [0.5, 0.6) is 0 Å². The monoisotopic (exact) mass is 720 g/mol. The van der Waals surface area contributed by atoms with Crippen LogP contribution in [0.25, 0.3) is 0 Å². The number of aliphatic hydroxyl groups excluding tert-OH is 5. The first kappa shape index (κ1) is 39.4. The number of unbranched alkanes of at least 4 members (excludes halogenated alkanes) is 1. The van der Waals surface area contributed by atoms with Gasteiger partial charge in [0.25, 0.3) is 11.8 Å². The Morgan fingerprint density at radius 1 is 0.720 bits per heavy atom. The molecule has 4 fully saturated rings. The molecule has 4 heterocycles. The Bertz CT molecular complexity index is 1220. The molecule has 0 aromatic heterocycles. The number of hydrogen-bond acceptors (Lipinski definition) is 17. The van der Waals surface area contributed by atoms with Crippen LogP contribution >= 0.6 is 0 Å². The third-order valence-electron chi connectivity index (χ3n) is 8.26. The molecule has 282 valence electrons. The first-order valence-electron chi connectivity index (χ1n) is 16.2. The zero-order valence-corrected chi connectivity index (χ0v) is 27.3. The van der Waals surface area contributed by atoms with E-state index in [9.17, 15) is 54.3 Å². The van der Waals surface area contributed by atoms with Crippen LogP contribution in [0.1, 0.15) is 45.4 Å². The predicted octanol–water partition coefficient (Wildman–Crippen LogP) is -5.12. The summed E-state index contributed by atoms with van der Waals surface area (Å²) >= 11 is 0. The maximum atomic E-state index is 13.1. The number of rotatable bonds is 6. The highest BCUT2D eigenvalue weighted by molar-refractivity contribution is 6.01. The van der Waals surface area contributed by atoms with E-state index in [0.29, 0.717) is 5.06 Å². The van der Waals surface area contributed by atoms with E-state index in [4.69, 9.17) is 28.5 Å². The molecule has 21 heteroatoms. The van der Waals surface area contributed by atoms with Crippen molar-refractivity contribution in [3.63, 3.8) is 0 Å². The molecule has 0 unspecified atom stereocenters. The zero-order chi connectivity index (χ0) is 36.5. The van der Waals surface area contributed by atoms with Crippen molar-refractivity contribution in [2.75, 3.05) is 39.4 Å². The smallest absolute Gasteiger partial charge is 0.333 e. The summed E-state index contributed by atoms with van der Waals surface area (Å²) in [6.07, 6.45) is -15.7. The zero-order valence-electron chi connectivity index (χ0n) is 27.3. The van der Waals surface area contributed by atoms with E-state index in [1.54, 1.807) is 0 Å². The fourth-order valence-corrected chi connectivity index (χ4v) is 5.43. The molecule has 4 saturated heterocycles. The lowest BCUT2D eigenvalue weighted by Crippen LogP contribution is -2.64. The Balaban J connectivity index is 1.37. The molecule has 0 aromatic carbocycles. The molecule has 7 N–H and O–H groups in total. The lowest BCUT2D eigenvalue weighted by molar-refractivity contribution is -0.387. The van der Waals surface area contributed by atoms with E-state index in [2.05, 4.69) is 10.6 Å². The lowest BCUT2D eigenvalue weighted by Gasteiger charge is -2.45. The summed E-state index contributed by atoms with van der Waals surface area (Å²) in [5.41, 5.74) is 0. The summed E-state index contributed by atoms with van der Waals surface area (Å²) in [5.74, 6) is -4.01. The molecule has 50 heavy (non-hydrogen) atoms. The van der Waals surface area contributed by atoms with Gasteiger partial charge in [0.05, 0.1) is 19.3 Å². The van der Waals surface area contributed by atoms with Crippen LogP contribution in [0.3, 0.4) is 0 Å². The lowest BCUT2D eigenvalue weighted by atomic mass is 9.99. The highest BCUT2D eigenvalue weighted by Crippen LogP contribution is 2.30. The van der Waals surface area contributed by atoms with E-state index in [-0.39, 0.29) is 64.8 Å². The molecule has 2 bridgehead atoms. The first-order chi connectivity index (χ1) is 23.8. The maximum absolute atomic E-state index is 13.1. The predicted molar refractivity (Wildman–Crippen MR) is 158 cm³/mol. The topological polar surface area (TPSA) is 289 Å². The minimum atomic E-state index is -1.83. The van der Waals surface area contributed by atoms with Crippen molar-refractivity contribution in [1.29, 1.82) is 0 Å². The molecule has 4 aliphatic rings. The number of hydrogen-bond donors (Lipinski definition) is 7. The Labute approximate surface area is 285 Å². The Kier molecular flexibility index (Phi) is 14.4. The Hall–Kier alpha value is -3.38. The highest BCUT2D eigenvalue weighted by atomic mass is 16.8. The van der Waals surface area contributed by atoms with Crippen LogP contribution in [0.4, 0.5) is 0 Å². The van der Waals surface area contributed by atoms with Gasteiger partial charge >= 0.3 is 5.97 Å². The van der Waals surface area contributed by atoms with Gasteiger partial charge in [-0.2, -0.15) is 0 Å². The third-order valence-corrected chi connectivity index (χ3v) is 8.26. The van der Waals surface area contributed by atoms with Crippen LogP contribution in [-0.4, -0.2) is 172 Å². The van der Waals surface area contributed by atoms with Crippen molar-refractivity contribution in [1.82, 2.24) is 20.6 Å². The van der Waals surface area contributed by atoms with Crippen molar-refractivity contribution in [3.8, 4) is 0 Å². The molecular formula is C29H44N4O17. The fourth-order valence-electron chi connectivity index (χ4n) is 5.43. The van der Waals surface area contributed by atoms with Gasteiger partial charge in [0.15, 0.2) is 18.9 Å². The summed E-state index contributed by atoms with van der Waals surface area (Å²) in [6, 6.07) is 0. The van der Waals surface area contributed by atoms with Gasteiger partial charge in [-0.25, -0.2) is 4.79 Å². The summed E-state index contributed by atoms with van der Waals surface area (Å²) in [7, 11) is 0. The molecule has 0 aliphatic carbocycles. The standard InChI is InChI=1S/C29H44N4O17/c1-14-21(40)23(42)26-29(47-14)46-11-9-31-16(35)13-32(17(36)4-2-3-5-20(39)50-33-18(37)6-7-19(33)38)12-15(34)30-8-10-45-27-24(43)22(41)25(44)28(48-26)49-27/h14,21-29,40-44H,2-13H2,1H3,(H,30,34)(H,31,35)/t14-,21+,22-,23+,24-,25-,26-,27+,28+,29+/m0/s1. The number of hydroxylamine groups is 2. The molecular weight excluding hydrogens is 676 g/mol. The second-order valence-corrected chi connectivity index (χ2v) is 12.1. The third kappa shape index (κ3) is 10.3. The quantitative estimate of drug-likeness (QED) is 0.0997. The Morgan fingerprint density at radius 2 is 1.28 bits per heavy atom. The molecule has 21 nitrogen and oxygen atoms in total. The van der Waals surface area contributed by atoms with Crippen molar-refractivity contribution < 1.29 is 82.8 Å². The maximum Gasteiger partial charge on any atom is 0.333 e. The average molecular weight is 721 g/mol. The van der Waals surface area contributed by atoms with Crippen LogP contribution < -0.4 is 10.6 Å². The van der Waals surface area contributed by atoms with Gasteiger partial charge in [-0.05, 0) is 19.8 Å². The molecule has 0 aromatic rings. The number of fused-ring (bicyclic) bond motifs is 3. The van der Waals surface area contributed by atoms with E-state index >= 15 is 0 Å². The minimum absolute atomic E-state index is 0.0515. The normalized spacial score (nSPS) is 35.2. The molecule has 5 amide bonds. The summed E-state index contributed by atoms with van der Waals surface area (Å²) < 4.78 is 27.9. The van der Waals surface area contributed by atoms with Crippen molar-refractivity contribution in [2.45, 2.75) is 107 Å². The van der Waals surface area contributed by atoms with Gasteiger partial charge in [-0.3, -0.25) is 24.0 Å². The van der Waals surface area contributed by atoms with Gasteiger partial charge < -0.3 is 69.6 Å². The van der Waals surface area contributed by atoms with E-state index in [0.717, 1.165) is 4.90 Å². The van der Waals surface area contributed by atoms with E-state index in [1.165, 1.54) is 6.92 Å². The number of carbonyl (C=O) groups is 6. The summed E-state index contributed by atoms with van der Waals surface area (Å²) in [4.78, 5) is 79.6. The van der Waals surface area contributed by atoms with Gasteiger partial charge in [-0.15, -0.1) is 5.06 Å². The average Bonchev–Trinajstić information content (AvgIpc) is 3.39. The minimum Gasteiger partial charge on any atom is -0.388 e. The molecule has 0 saturated carbocycles. The first-order valence-corrected chi connectivity index (χ1v) is 16.2. The van der Waals surface area contributed by atoms with Crippen LogP contribution in [0.15, 0.2) is 0 Å². The van der Waals surface area contributed by atoms with Gasteiger partial charge in [0.2, 0.25) is 17.7 Å². The molecule has 10 atom stereocenters. The van der Waals surface area contributed by atoms with E-state index in [1.807, 2.05) is 0 Å². The van der Waals surface area contributed by atoms with Gasteiger partial charge in [0, 0.05) is 38.8 Å². The van der Waals surface area contributed by atoms with Crippen LogP contribution in [0.2, 0.25) is 0 Å². The number of ether oxygens (including phenoxy) is 5. The van der Waals surface area contributed by atoms with Crippen molar-refractivity contribution >= 4 is 35.5 Å². The number of imide groups is 1. The van der Waals surface area contributed by atoms with Gasteiger partial charge in [0.1, 0.15) is 49.7 Å². The number of nitrogens with zero attached hydrogens (tertiary/aromatic N) is 2. The number of carbonyl (C=O) groups excluding carboxylic acids is 6. The summed E-state index contributed by atoms with van der Waals surface area (Å²) in [5, 5.41) is 57.9. The highest BCUT2D eigenvalue weighted by Gasteiger charge is 2.50. The molecule has 4 aliphatic heterocycles. The van der Waals surface area contributed by atoms with Crippen molar-refractivity contribution in [2.24, 2.45) is 0 Å².